The first-order valence-electron chi connectivity index (χ1n) is 16.0. The van der Waals surface area contributed by atoms with Crippen LogP contribution in [0.4, 0.5) is 0 Å². The number of fused-ring (bicyclic) bond motifs is 12. The summed E-state index contributed by atoms with van der Waals surface area (Å²) in [7, 11) is 3.41. The monoisotopic (exact) mass is 903 g/mol. The van der Waals surface area contributed by atoms with E-state index in [2.05, 4.69) is 191 Å². The Balaban J connectivity index is 1.39. The van der Waals surface area contributed by atoms with Gasteiger partial charge >= 0.3 is 0 Å². The molecule has 4 aromatic heterocycles. The first-order valence-corrected chi connectivity index (χ1v) is 22.7. The molecular weight excluding hydrogens is 880 g/mol. The molecule has 0 atom stereocenters. The molecule has 0 saturated carbocycles. The minimum Gasteiger partial charge on any atom is -0.290 e. The second kappa shape index (κ2) is 12.3. The molecule has 10 aromatic rings. The molecular formula is C41H23I2N5S2. The smallest absolute Gasteiger partial charge is 0.235 e. The van der Waals surface area contributed by atoms with Crippen molar-refractivity contribution in [2.75, 3.05) is 0 Å². The van der Waals surface area contributed by atoms with Crippen LogP contribution in [0.5, 0.6) is 0 Å². The molecule has 0 aliphatic rings. The molecule has 0 aliphatic heterocycles. The van der Waals surface area contributed by atoms with Crippen LogP contribution in [0.2, 0.25) is 0 Å². The Morgan fingerprint density at radius 1 is 0.460 bits per heavy atom. The van der Waals surface area contributed by atoms with Crippen molar-refractivity contribution in [2.24, 2.45) is 0 Å². The van der Waals surface area contributed by atoms with Crippen molar-refractivity contribution in [2.45, 2.75) is 9.79 Å². The van der Waals surface area contributed by atoms with Crippen LogP contribution in [0.25, 0.3) is 88.6 Å². The summed E-state index contributed by atoms with van der Waals surface area (Å²) in [6.45, 7) is 0. The molecule has 0 saturated heterocycles. The van der Waals surface area contributed by atoms with Crippen LogP contribution in [0.3, 0.4) is 0 Å². The van der Waals surface area contributed by atoms with E-state index in [0.717, 1.165) is 77.3 Å². The highest BCUT2D eigenvalue weighted by Crippen LogP contribution is 2.41. The fourth-order valence-corrected chi connectivity index (χ4v) is 9.46. The van der Waals surface area contributed by atoms with Gasteiger partial charge in [-0.3, -0.25) is 8.97 Å². The lowest BCUT2D eigenvalue weighted by atomic mass is 10.0. The van der Waals surface area contributed by atoms with E-state index in [1.807, 2.05) is 0 Å². The molecule has 0 unspecified atom stereocenters. The highest BCUT2D eigenvalue weighted by molar-refractivity contribution is 14.2. The summed E-state index contributed by atoms with van der Waals surface area (Å²) in [5, 5.41) is 5.74. The maximum Gasteiger partial charge on any atom is 0.235 e. The van der Waals surface area contributed by atoms with Gasteiger partial charge in [-0.1, -0.05) is 109 Å². The van der Waals surface area contributed by atoms with E-state index in [-0.39, 0.29) is 0 Å². The zero-order valence-electron chi connectivity index (χ0n) is 26.1. The van der Waals surface area contributed by atoms with Gasteiger partial charge in [-0.2, -0.15) is 0 Å². The van der Waals surface area contributed by atoms with Gasteiger partial charge in [-0.25, -0.2) is 15.0 Å². The van der Waals surface area contributed by atoms with Gasteiger partial charge in [-0.05, 0) is 53.9 Å². The molecule has 9 heteroatoms. The lowest BCUT2D eigenvalue weighted by Gasteiger charge is -2.15. The van der Waals surface area contributed by atoms with Gasteiger partial charge in [0.05, 0.1) is 39.0 Å². The predicted octanol–water partition coefficient (Wildman–Crippen LogP) is 12.9. The van der Waals surface area contributed by atoms with Crippen LogP contribution < -0.4 is 0 Å². The Hall–Kier alpha value is -4.17. The largest absolute Gasteiger partial charge is 0.290 e. The third-order valence-electron chi connectivity index (χ3n) is 9.45. The molecule has 5 nitrogen and oxygen atoms in total. The first kappa shape index (κ1) is 30.6. The molecule has 10 rings (SSSR count). The average molecular weight is 904 g/mol. The molecule has 0 bridgehead atoms. The lowest BCUT2D eigenvalue weighted by Crippen LogP contribution is -2.05. The van der Waals surface area contributed by atoms with Crippen LogP contribution in [0.1, 0.15) is 0 Å². The van der Waals surface area contributed by atoms with Gasteiger partial charge in [0.1, 0.15) is 5.65 Å². The summed E-state index contributed by atoms with van der Waals surface area (Å²) in [6, 6.07) is 49.5. The minimum absolute atomic E-state index is 0.626. The van der Waals surface area contributed by atoms with E-state index in [1.54, 1.807) is 17.9 Å². The van der Waals surface area contributed by atoms with Gasteiger partial charge in [-0.15, -0.1) is 0 Å². The average Bonchev–Trinajstić information content (AvgIpc) is 3.74. The van der Waals surface area contributed by atoms with Crippen molar-refractivity contribution < 1.29 is 0 Å². The van der Waals surface area contributed by atoms with E-state index >= 15 is 0 Å². The number of para-hydroxylation sites is 3. The number of nitrogens with zero attached hydrogens (tertiary/aromatic N) is 5. The van der Waals surface area contributed by atoms with Gasteiger partial charge in [0.25, 0.3) is 0 Å². The number of rotatable bonds is 5. The van der Waals surface area contributed by atoms with Crippen molar-refractivity contribution in [1.29, 1.82) is 0 Å². The van der Waals surface area contributed by atoms with Crippen LogP contribution in [0.15, 0.2) is 149 Å². The van der Waals surface area contributed by atoms with Crippen molar-refractivity contribution in [3.8, 4) is 28.5 Å². The summed E-state index contributed by atoms with van der Waals surface area (Å²) in [5.41, 5.74) is 10.0. The summed E-state index contributed by atoms with van der Waals surface area (Å²) in [5.74, 6) is 0.626. The maximum atomic E-state index is 5.37. The zero-order chi connectivity index (χ0) is 33.3. The van der Waals surface area contributed by atoms with Crippen LogP contribution in [-0.4, -0.2) is 23.9 Å². The van der Waals surface area contributed by atoms with Crippen LogP contribution in [0, 0.1) is 0 Å². The molecule has 6 aromatic carbocycles. The Morgan fingerprint density at radius 3 is 1.64 bits per heavy atom. The Bertz CT molecular complexity index is 2890. The number of hydrogen-bond acceptors (Lipinski definition) is 5. The van der Waals surface area contributed by atoms with E-state index in [9.17, 15) is 0 Å². The first-order chi connectivity index (χ1) is 24.7. The normalized spacial score (nSPS) is 12.0. The minimum atomic E-state index is 0.626. The van der Waals surface area contributed by atoms with Gasteiger partial charge in [0, 0.05) is 84.9 Å². The second-order valence-corrected chi connectivity index (χ2v) is 16.1. The van der Waals surface area contributed by atoms with E-state index in [1.165, 1.54) is 15.2 Å². The standard InChI is InChI=1S/C41H23I2N5S2/c42-49-26-17-13-24(14-18-26)34-23-35(25-15-19-27(50-43)20-16-25)46-41(45-34)48-36-11-5-3-8-29(36)31-22-21-30-28-7-1-2-9-32(28)40-44-33-10-4-6-12-37(33)47(40)38(30)39(31)48/h1-23H. The highest BCUT2D eigenvalue weighted by Gasteiger charge is 2.23. The fraction of sp³-hybridized carbons (Fsp3) is 0. The quantitative estimate of drug-likeness (QED) is 0.127. The summed E-state index contributed by atoms with van der Waals surface area (Å²) < 4.78 is 4.61. The molecule has 4 heterocycles. The fourth-order valence-electron chi connectivity index (χ4n) is 7.22. The van der Waals surface area contributed by atoms with E-state index < -0.39 is 0 Å². The third kappa shape index (κ3) is 4.77. The number of aromatic nitrogens is 5. The third-order valence-corrected chi connectivity index (χ3v) is 13.4. The van der Waals surface area contributed by atoms with Crippen molar-refractivity contribution >= 4 is 120 Å². The van der Waals surface area contributed by atoms with E-state index in [4.69, 9.17) is 15.0 Å². The molecule has 0 amide bonds. The van der Waals surface area contributed by atoms with Gasteiger partial charge in [0.2, 0.25) is 5.95 Å². The molecule has 0 aliphatic carbocycles. The predicted molar refractivity (Wildman–Crippen MR) is 228 cm³/mol. The number of imidazole rings is 1. The molecule has 0 radical (unpaired) electrons. The SMILES string of the molecule is ISc1ccc(-c2cc(-c3ccc(SI)cc3)nc(-n3c4ccccc4c4ccc5c6ccccc6c6nc7ccccc7n6c5c43)n2)cc1. The lowest BCUT2D eigenvalue weighted by molar-refractivity contribution is 0.996. The number of hydrogen-bond donors (Lipinski definition) is 0. The summed E-state index contributed by atoms with van der Waals surface area (Å²) >= 11 is 4.66. The van der Waals surface area contributed by atoms with Crippen LogP contribution in [-0.2, 0) is 0 Å². The highest BCUT2D eigenvalue weighted by atomic mass is 127. The molecule has 0 N–H and O–H groups in total. The van der Waals surface area contributed by atoms with Crippen molar-refractivity contribution in [3.05, 3.63) is 140 Å². The maximum absolute atomic E-state index is 5.37. The zero-order valence-corrected chi connectivity index (χ0v) is 32.0. The molecule has 238 valence electrons. The Morgan fingerprint density at radius 2 is 1.00 bits per heavy atom. The summed E-state index contributed by atoms with van der Waals surface area (Å²) in [4.78, 5) is 18.4. The summed E-state index contributed by atoms with van der Waals surface area (Å²) in [6.07, 6.45) is 0. The van der Waals surface area contributed by atoms with Gasteiger partial charge in [0.15, 0.2) is 0 Å². The van der Waals surface area contributed by atoms with Gasteiger partial charge < -0.3 is 0 Å². The number of pyridine rings is 1. The Kier molecular flexibility index (Phi) is 7.51. The number of benzene rings is 6. The topological polar surface area (TPSA) is 48.0 Å². The molecule has 0 spiro atoms. The van der Waals surface area contributed by atoms with Crippen molar-refractivity contribution in [3.63, 3.8) is 0 Å². The van der Waals surface area contributed by atoms with Crippen molar-refractivity contribution in [1.82, 2.24) is 23.9 Å². The molecule has 50 heavy (non-hydrogen) atoms. The molecule has 0 fully saturated rings. The van der Waals surface area contributed by atoms with E-state index in [0.29, 0.717) is 5.95 Å². The van der Waals surface area contributed by atoms with Crippen LogP contribution >= 0.6 is 60.3 Å². The second-order valence-electron chi connectivity index (χ2n) is 12.2. The Labute approximate surface area is 319 Å². The number of halogens is 2.